The van der Waals surface area contributed by atoms with E-state index in [2.05, 4.69) is 47.5 Å². The Morgan fingerprint density at radius 3 is 2.23 bits per heavy atom. The number of nitrogens with zero attached hydrogens (tertiary/aromatic N) is 3. The van der Waals surface area contributed by atoms with E-state index in [4.69, 9.17) is 5.11 Å². The zero-order valence-corrected chi connectivity index (χ0v) is 21.5. The van der Waals surface area contributed by atoms with Crippen molar-refractivity contribution in [3.05, 3.63) is 28.9 Å². The molecule has 3 rings (SSSR count). The van der Waals surface area contributed by atoms with Crippen molar-refractivity contribution in [3.8, 4) is 0 Å². The van der Waals surface area contributed by atoms with E-state index in [0.29, 0.717) is 0 Å². The molecule has 0 aliphatic heterocycles. The average Bonchev–Trinajstić information content (AvgIpc) is 3.39. The minimum absolute atomic E-state index is 0.115. The van der Waals surface area contributed by atoms with Gasteiger partial charge in [0.15, 0.2) is 0 Å². The van der Waals surface area contributed by atoms with Gasteiger partial charge in [0.05, 0.1) is 17.2 Å². The number of fused-ring (bicyclic) bond motifs is 3. The lowest BCUT2D eigenvalue weighted by molar-refractivity contribution is 0.215. The van der Waals surface area contributed by atoms with Gasteiger partial charge in [0, 0.05) is 31.3 Å². The number of nitrogens with one attached hydrogen (secondary N) is 2. The summed E-state index contributed by atoms with van der Waals surface area (Å²) in [5.41, 5.74) is 2.34. The van der Waals surface area contributed by atoms with Crippen LogP contribution in [-0.4, -0.2) is 55.3 Å². The number of hydrogen-bond donors (Lipinski definition) is 3. The highest BCUT2D eigenvalue weighted by Crippen LogP contribution is 2.19. The normalized spacial score (nSPS) is 10.7. The van der Waals surface area contributed by atoms with Crippen LogP contribution in [0.25, 0.3) is 22.1 Å². The van der Waals surface area contributed by atoms with Crippen molar-refractivity contribution >= 4 is 22.1 Å². The van der Waals surface area contributed by atoms with Gasteiger partial charge in [-0.1, -0.05) is 48.5 Å². The molecule has 3 N–H and O–H groups in total. The molecule has 0 amide bonds. The number of H-pyrrole nitrogens is 2. The molecule has 0 bridgehead atoms. The number of pyridine rings is 1. The zero-order chi connectivity index (χ0) is 24.4. The molecule has 0 saturated carbocycles. The van der Waals surface area contributed by atoms with Crippen LogP contribution in [0.1, 0.15) is 75.2 Å². The van der Waals surface area contributed by atoms with E-state index in [0.717, 1.165) is 28.1 Å². The van der Waals surface area contributed by atoms with Crippen molar-refractivity contribution in [1.29, 1.82) is 0 Å². The second-order valence-electron chi connectivity index (χ2n) is 6.45. The fourth-order valence-corrected chi connectivity index (χ4v) is 2.98. The first-order valence-corrected chi connectivity index (χ1v) is 11.8. The minimum Gasteiger partial charge on any atom is -0.397 e. The summed E-state index contributed by atoms with van der Waals surface area (Å²) in [5.74, 6) is 0. The van der Waals surface area contributed by atoms with E-state index in [1.54, 1.807) is 24.7 Å². The Hall–Kier alpha value is -2.12. The molecule has 3 aromatic rings. The second kappa shape index (κ2) is 18.6. The van der Waals surface area contributed by atoms with E-state index in [1.807, 2.05) is 40.0 Å². The van der Waals surface area contributed by atoms with E-state index >= 15 is 0 Å². The Balaban J connectivity index is 0. The van der Waals surface area contributed by atoms with Gasteiger partial charge in [-0.2, -0.15) is 0 Å². The molecule has 7 nitrogen and oxygen atoms in total. The average molecular weight is 438 g/mol. The standard InChI is InChI=1S/C9H8N4O.C9H21N.C2H6O.2C2H6/c1-13-7-5-2-3-10-8(5)11-4-6(7)12-9(13)14;1-5-8-10(7-3)9(4)6-2;1-2-3;2*1-2/h2-4H,1H3,(H,10,11)(H,12,14);9H,5-8H2,1-4H3;3H,2H2,1H3;2*1-2H3. The molecular weight excluding hydrogens is 390 g/mol. The summed E-state index contributed by atoms with van der Waals surface area (Å²) in [5, 5.41) is 8.53. The van der Waals surface area contributed by atoms with Crippen LogP contribution in [0.3, 0.4) is 0 Å². The molecule has 0 fully saturated rings. The fraction of sp³-hybridized carbons (Fsp3) is 0.667. The van der Waals surface area contributed by atoms with Gasteiger partial charge in [-0.25, -0.2) is 9.78 Å². The predicted molar refractivity (Wildman–Crippen MR) is 136 cm³/mol. The summed E-state index contributed by atoms with van der Waals surface area (Å²) in [6.45, 7) is 21.4. The maximum atomic E-state index is 11.4. The fourth-order valence-electron chi connectivity index (χ4n) is 2.98. The smallest absolute Gasteiger partial charge is 0.326 e. The molecule has 3 heterocycles. The second-order valence-corrected chi connectivity index (χ2v) is 6.45. The third-order valence-corrected chi connectivity index (χ3v) is 4.57. The first-order chi connectivity index (χ1) is 14.9. The van der Waals surface area contributed by atoms with E-state index in [1.165, 1.54) is 25.9 Å². The number of aliphatic hydroxyl groups is 1. The van der Waals surface area contributed by atoms with Gasteiger partial charge >= 0.3 is 5.69 Å². The van der Waals surface area contributed by atoms with Gasteiger partial charge in [-0.3, -0.25) is 4.57 Å². The third kappa shape index (κ3) is 9.70. The Kier molecular flexibility index (Phi) is 18.7. The minimum atomic E-state index is -0.115. The largest absolute Gasteiger partial charge is 0.397 e. The third-order valence-electron chi connectivity index (χ3n) is 4.57. The van der Waals surface area contributed by atoms with Crippen molar-refractivity contribution in [1.82, 2.24) is 24.4 Å². The monoisotopic (exact) mass is 437 g/mol. The molecule has 0 spiro atoms. The molecule has 1 unspecified atom stereocenters. The van der Waals surface area contributed by atoms with Crippen LogP contribution in [0.4, 0.5) is 0 Å². The van der Waals surface area contributed by atoms with Gasteiger partial charge in [0.2, 0.25) is 0 Å². The Labute approximate surface area is 188 Å². The van der Waals surface area contributed by atoms with Crippen molar-refractivity contribution in [3.63, 3.8) is 0 Å². The zero-order valence-electron chi connectivity index (χ0n) is 21.5. The van der Waals surface area contributed by atoms with Gasteiger partial charge in [-0.15, -0.1) is 0 Å². The molecule has 180 valence electrons. The number of imidazole rings is 1. The summed E-state index contributed by atoms with van der Waals surface area (Å²) in [7, 11) is 1.74. The molecule has 0 aliphatic rings. The van der Waals surface area contributed by atoms with E-state index < -0.39 is 0 Å². The highest BCUT2D eigenvalue weighted by molar-refractivity contribution is 6.00. The molecule has 3 aromatic heterocycles. The molecule has 31 heavy (non-hydrogen) atoms. The first-order valence-electron chi connectivity index (χ1n) is 11.8. The maximum absolute atomic E-state index is 11.4. The molecule has 0 saturated heterocycles. The van der Waals surface area contributed by atoms with E-state index in [-0.39, 0.29) is 12.3 Å². The molecule has 0 aromatic carbocycles. The highest BCUT2D eigenvalue weighted by atomic mass is 16.2. The summed E-state index contributed by atoms with van der Waals surface area (Å²) in [4.78, 5) is 23.8. The van der Waals surface area contributed by atoms with E-state index in [9.17, 15) is 4.79 Å². The van der Waals surface area contributed by atoms with Crippen LogP contribution in [-0.2, 0) is 7.05 Å². The van der Waals surface area contributed by atoms with Crippen molar-refractivity contribution in [2.24, 2.45) is 7.05 Å². The van der Waals surface area contributed by atoms with Crippen molar-refractivity contribution in [2.75, 3.05) is 19.7 Å². The lowest BCUT2D eigenvalue weighted by Crippen LogP contribution is -2.32. The van der Waals surface area contributed by atoms with Crippen LogP contribution in [0.15, 0.2) is 23.3 Å². The molecule has 0 aliphatic carbocycles. The molecule has 0 radical (unpaired) electrons. The van der Waals surface area contributed by atoms with Crippen LogP contribution >= 0.6 is 0 Å². The SMILES string of the molecule is CC.CC.CCCN(CC)C(C)CC.CCO.Cn1c(=O)[nH]c2cnc3[nH]ccc3c21. The van der Waals surface area contributed by atoms with Crippen LogP contribution in [0.2, 0.25) is 0 Å². The Bertz CT molecular complexity index is 851. The van der Waals surface area contributed by atoms with Gasteiger partial charge < -0.3 is 20.0 Å². The number of aliphatic hydroxyl groups excluding tert-OH is 1. The van der Waals surface area contributed by atoms with Gasteiger partial charge in [0.1, 0.15) is 5.65 Å². The number of hydrogen-bond acceptors (Lipinski definition) is 4. The first kappa shape index (κ1) is 31.1. The quantitative estimate of drug-likeness (QED) is 0.504. The van der Waals surface area contributed by atoms with Crippen LogP contribution < -0.4 is 5.69 Å². The number of rotatable bonds is 5. The van der Waals surface area contributed by atoms with Crippen LogP contribution in [0.5, 0.6) is 0 Å². The molecular formula is C24H47N5O2. The number of aromatic nitrogens is 4. The summed E-state index contributed by atoms with van der Waals surface area (Å²) in [6.07, 6.45) is 6.02. The van der Waals surface area contributed by atoms with Gasteiger partial charge in [0.25, 0.3) is 0 Å². The number of aryl methyl sites for hydroxylation is 1. The topological polar surface area (TPSA) is 89.9 Å². The van der Waals surface area contributed by atoms with Gasteiger partial charge in [-0.05, 0) is 45.8 Å². The molecule has 1 atom stereocenters. The summed E-state index contributed by atoms with van der Waals surface area (Å²) < 4.78 is 1.59. The molecule has 7 heteroatoms. The Morgan fingerprint density at radius 1 is 1.16 bits per heavy atom. The maximum Gasteiger partial charge on any atom is 0.326 e. The van der Waals surface area contributed by atoms with Crippen molar-refractivity contribution < 1.29 is 5.11 Å². The lowest BCUT2D eigenvalue weighted by atomic mass is 10.2. The Morgan fingerprint density at radius 2 is 1.74 bits per heavy atom. The highest BCUT2D eigenvalue weighted by Gasteiger charge is 2.08. The summed E-state index contributed by atoms with van der Waals surface area (Å²) >= 11 is 0. The van der Waals surface area contributed by atoms with Crippen LogP contribution in [0, 0.1) is 0 Å². The van der Waals surface area contributed by atoms with Crippen molar-refractivity contribution in [2.45, 2.75) is 81.2 Å². The predicted octanol–water partition coefficient (Wildman–Crippen LogP) is 5.31. The number of aromatic amines is 2. The summed E-state index contributed by atoms with van der Waals surface area (Å²) in [6, 6.07) is 2.68. The lowest BCUT2D eigenvalue weighted by Gasteiger charge is -2.26.